The van der Waals surface area contributed by atoms with Gasteiger partial charge in [0, 0.05) is 17.4 Å². The van der Waals surface area contributed by atoms with Crippen molar-refractivity contribution in [2.45, 2.75) is 26.3 Å². The van der Waals surface area contributed by atoms with Crippen LogP contribution in [0, 0.1) is 11.8 Å². The van der Waals surface area contributed by atoms with Crippen molar-refractivity contribution in [3.63, 3.8) is 0 Å². The number of thiazole rings is 1. The number of nitrogens with one attached hydrogen (secondary N) is 1. The Bertz CT molecular complexity index is 1090. The van der Waals surface area contributed by atoms with Crippen molar-refractivity contribution in [2.75, 3.05) is 13.1 Å². The molecule has 1 fully saturated rings. The molecule has 0 bridgehead atoms. The van der Waals surface area contributed by atoms with Crippen LogP contribution in [0.1, 0.15) is 36.8 Å². The normalized spacial score (nSPS) is 23.4. The van der Waals surface area contributed by atoms with Gasteiger partial charge >= 0.3 is 0 Å². The molecule has 0 unspecified atom stereocenters. The molecular weight excluding hydrogens is 384 g/mol. The maximum absolute atomic E-state index is 11.1. The van der Waals surface area contributed by atoms with Gasteiger partial charge in [0.05, 0.1) is 19.4 Å². The molecule has 0 radical (unpaired) electrons. The molecule has 29 heavy (non-hydrogen) atoms. The number of aromatic hydroxyl groups is 1. The molecule has 0 aliphatic carbocycles. The highest BCUT2D eigenvalue weighted by Crippen LogP contribution is 2.36. The lowest BCUT2D eigenvalue weighted by molar-refractivity contribution is -0.936. The maximum Gasteiger partial charge on any atom is 0.235 e. The van der Waals surface area contributed by atoms with E-state index in [9.17, 15) is 5.11 Å². The van der Waals surface area contributed by atoms with E-state index in [2.05, 4.69) is 48.2 Å². The highest BCUT2D eigenvalue weighted by Gasteiger charge is 2.37. The second-order valence-corrected chi connectivity index (χ2v) is 9.26. The Morgan fingerprint density at radius 3 is 2.55 bits per heavy atom. The van der Waals surface area contributed by atoms with E-state index in [1.165, 1.54) is 28.2 Å². The summed E-state index contributed by atoms with van der Waals surface area (Å²) in [4.78, 5) is 7.70. The Balaban J connectivity index is 1.59. The zero-order chi connectivity index (χ0) is 20.0. The summed E-state index contributed by atoms with van der Waals surface area (Å²) in [5.41, 5.74) is 1.22. The quantitative estimate of drug-likeness (QED) is 0.542. The number of aromatic nitrogens is 3. The molecule has 0 amide bonds. The van der Waals surface area contributed by atoms with Gasteiger partial charge in [0.1, 0.15) is 4.88 Å². The van der Waals surface area contributed by atoms with E-state index in [4.69, 9.17) is 4.42 Å². The summed E-state index contributed by atoms with van der Waals surface area (Å²) in [5, 5.41) is 15.6. The number of benzene rings is 1. The molecule has 2 N–H and O–H groups in total. The van der Waals surface area contributed by atoms with Crippen molar-refractivity contribution >= 4 is 16.3 Å². The number of hydrogen-bond acceptors (Lipinski definition) is 5. The van der Waals surface area contributed by atoms with Crippen molar-refractivity contribution in [2.24, 2.45) is 11.8 Å². The number of hydrogen-bond donors (Lipinski definition) is 2. The molecule has 3 aromatic heterocycles. The van der Waals surface area contributed by atoms with Crippen LogP contribution in [0.4, 0.5) is 0 Å². The number of furan rings is 1. The molecule has 6 nitrogen and oxygen atoms in total. The molecule has 3 atom stereocenters. The first kappa shape index (κ1) is 18.4. The minimum absolute atomic E-state index is 0.0713. The van der Waals surface area contributed by atoms with Crippen LogP contribution in [0.3, 0.4) is 0 Å². The van der Waals surface area contributed by atoms with Crippen LogP contribution < -0.4 is 4.90 Å². The largest absolute Gasteiger partial charge is 0.492 e. The lowest BCUT2D eigenvalue weighted by atomic mass is 9.89. The average molecular weight is 410 g/mol. The van der Waals surface area contributed by atoms with E-state index in [1.54, 1.807) is 10.8 Å². The van der Waals surface area contributed by atoms with Crippen LogP contribution in [0.15, 0.2) is 53.1 Å². The summed E-state index contributed by atoms with van der Waals surface area (Å²) in [6, 6.07) is 14.2. The first-order valence-corrected chi connectivity index (χ1v) is 10.9. The number of likely N-dealkylation sites (tertiary alicyclic amines) is 1. The fraction of sp³-hybridized carbons (Fsp3) is 0.364. The molecule has 150 valence electrons. The molecule has 1 aromatic carbocycles. The van der Waals surface area contributed by atoms with Gasteiger partial charge in [0.25, 0.3) is 0 Å². The van der Waals surface area contributed by atoms with Gasteiger partial charge in [0.15, 0.2) is 11.8 Å². The molecule has 0 spiro atoms. The van der Waals surface area contributed by atoms with Crippen LogP contribution in [0.25, 0.3) is 16.5 Å². The van der Waals surface area contributed by atoms with Gasteiger partial charge in [-0.3, -0.25) is 0 Å². The van der Waals surface area contributed by atoms with Gasteiger partial charge in [-0.1, -0.05) is 55.5 Å². The second kappa shape index (κ2) is 7.31. The Labute approximate surface area is 173 Å². The zero-order valence-corrected chi connectivity index (χ0v) is 17.4. The number of rotatable bonds is 4. The van der Waals surface area contributed by atoms with E-state index < -0.39 is 0 Å². The van der Waals surface area contributed by atoms with E-state index in [-0.39, 0.29) is 11.9 Å². The monoisotopic (exact) mass is 409 g/mol. The van der Waals surface area contributed by atoms with Crippen molar-refractivity contribution in [1.29, 1.82) is 0 Å². The van der Waals surface area contributed by atoms with Crippen LogP contribution in [-0.4, -0.2) is 32.8 Å². The molecular formula is C22H25N4O2S+. The second-order valence-electron chi connectivity index (χ2n) is 8.25. The van der Waals surface area contributed by atoms with Crippen molar-refractivity contribution in [3.8, 4) is 17.5 Å². The fourth-order valence-corrected chi connectivity index (χ4v) is 5.88. The standard InChI is InChI=1S/C22H24N4O2S/c1-14-11-15(2)13-25(12-14)18(16-7-4-3-5-8-16)19-21(27)26-22(29-19)23-20(24-26)17-9-6-10-28-17/h3-10,14-15,18,27H,11-13H2,1-2H3/p+1/t14-,15-,18+/m1/s1. The van der Waals surface area contributed by atoms with Gasteiger partial charge in [-0.25, -0.2) is 0 Å². The van der Waals surface area contributed by atoms with Crippen LogP contribution in [-0.2, 0) is 0 Å². The maximum atomic E-state index is 11.1. The van der Waals surface area contributed by atoms with E-state index in [0.717, 1.165) is 18.0 Å². The third-order valence-electron chi connectivity index (χ3n) is 5.77. The topological polar surface area (TPSA) is 68.0 Å². The van der Waals surface area contributed by atoms with Gasteiger partial charge in [0.2, 0.25) is 16.7 Å². The summed E-state index contributed by atoms with van der Waals surface area (Å²) in [5.74, 6) is 2.60. The first-order valence-electron chi connectivity index (χ1n) is 10.1. The molecule has 0 saturated carbocycles. The lowest BCUT2D eigenvalue weighted by Gasteiger charge is -2.36. The van der Waals surface area contributed by atoms with Gasteiger partial charge < -0.3 is 14.4 Å². The summed E-state index contributed by atoms with van der Waals surface area (Å²) in [6.45, 7) is 6.84. The lowest BCUT2D eigenvalue weighted by Crippen LogP contribution is -3.14. The Kier molecular flexibility index (Phi) is 4.64. The Morgan fingerprint density at radius 2 is 1.90 bits per heavy atom. The van der Waals surface area contributed by atoms with Gasteiger partial charge in [-0.2, -0.15) is 9.50 Å². The number of piperidine rings is 1. The van der Waals surface area contributed by atoms with Crippen molar-refractivity contribution < 1.29 is 14.4 Å². The Hall–Kier alpha value is -2.64. The highest BCUT2D eigenvalue weighted by atomic mass is 32.1. The van der Waals surface area contributed by atoms with Crippen LogP contribution in [0.2, 0.25) is 0 Å². The van der Waals surface area contributed by atoms with E-state index in [0.29, 0.717) is 28.4 Å². The van der Waals surface area contributed by atoms with Crippen molar-refractivity contribution in [1.82, 2.24) is 14.6 Å². The zero-order valence-electron chi connectivity index (χ0n) is 16.6. The minimum Gasteiger partial charge on any atom is -0.492 e. The number of nitrogens with zero attached hydrogens (tertiary/aromatic N) is 3. The molecule has 7 heteroatoms. The third-order valence-corrected chi connectivity index (χ3v) is 6.86. The molecule has 1 aliphatic rings. The summed E-state index contributed by atoms with van der Waals surface area (Å²) in [7, 11) is 0. The first-order chi connectivity index (χ1) is 14.1. The summed E-state index contributed by atoms with van der Waals surface area (Å²) >= 11 is 1.52. The SMILES string of the molecule is C[C@@H]1C[C@@H](C)C[NH+]([C@@H](c2ccccc2)c2sc3nc(-c4ccco4)nn3c2O)C1. The Morgan fingerprint density at radius 1 is 1.14 bits per heavy atom. The van der Waals surface area contributed by atoms with Crippen molar-refractivity contribution in [3.05, 3.63) is 59.2 Å². The van der Waals surface area contributed by atoms with E-state index >= 15 is 0 Å². The minimum atomic E-state index is 0.0713. The van der Waals surface area contributed by atoms with Crippen LogP contribution >= 0.6 is 11.3 Å². The molecule has 4 aromatic rings. The average Bonchev–Trinajstić information content (AvgIpc) is 3.41. The number of quaternary nitrogens is 1. The summed E-state index contributed by atoms with van der Waals surface area (Å²) < 4.78 is 6.95. The van der Waals surface area contributed by atoms with Crippen LogP contribution in [0.5, 0.6) is 5.88 Å². The summed E-state index contributed by atoms with van der Waals surface area (Å²) in [6.07, 6.45) is 2.86. The van der Waals surface area contributed by atoms with Gasteiger partial charge in [-0.15, -0.1) is 5.10 Å². The molecule has 5 rings (SSSR count). The molecule has 1 aliphatic heterocycles. The highest BCUT2D eigenvalue weighted by molar-refractivity contribution is 7.17. The fourth-order valence-electron chi connectivity index (χ4n) is 4.73. The molecule has 4 heterocycles. The predicted molar refractivity (Wildman–Crippen MR) is 112 cm³/mol. The predicted octanol–water partition coefficient (Wildman–Crippen LogP) is 3.41. The van der Waals surface area contributed by atoms with Gasteiger partial charge in [-0.05, 0) is 18.6 Å². The number of fused-ring (bicyclic) bond motifs is 1. The van der Waals surface area contributed by atoms with E-state index in [1.807, 2.05) is 18.2 Å². The smallest absolute Gasteiger partial charge is 0.235 e. The third kappa shape index (κ3) is 3.34. The molecule has 1 saturated heterocycles.